The van der Waals surface area contributed by atoms with Crippen LogP contribution in [-0.2, 0) is 27.8 Å². The number of aromatic hydroxyl groups is 1. The highest BCUT2D eigenvalue weighted by Gasteiger charge is 2.39. The van der Waals surface area contributed by atoms with Crippen molar-refractivity contribution in [2.45, 2.75) is 31.7 Å². The lowest BCUT2D eigenvalue weighted by Crippen LogP contribution is -2.44. The minimum Gasteiger partial charge on any atom is -0.506 e. The first-order chi connectivity index (χ1) is 12.8. The lowest BCUT2D eigenvalue weighted by molar-refractivity contribution is -0.117. The molecule has 0 aromatic heterocycles. The zero-order valence-corrected chi connectivity index (χ0v) is 15.7. The molecule has 1 amide bonds. The average molecular weight is 398 g/mol. The third-order valence-corrected chi connectivity index (χ3v) is 6.88. The van der Waals surface area contributed by atoms with E-state index in [0.717, 1.165) is 32.6 Å². The maximum atomic E-state index is 15.2. The zero-order valence-electron chi connectivity index (χ0n) is 14.9. The van der Waals surface area contributed by atoms with Crippen molar-refractivity contribution in [3.63, 3.8) is 0 Å². The molecule has 2 heterocycles. The number of rotatable bonds is 5. The van der Waals surface area contributed by atoms with Gasteiger partial charge in [-0.1, -0.05) is 0 Å². The fourth-order valence-corrected chi connectivity index (χ4v) is 5.09. The Morgan fingerprint density at radius 1 is 1.37 bits per heavy atom. The molecule has 2 fully saturated rings. The second-order valence-corrected chi connectivity index (χ2v) is 8.92. The van der Waals surface area contributed by atoms with Gasteiger partial charge in [-0.3, -0.25) is 4.79 Å². The minimum atomic E-state index is -4.18. The highest BCUT2D eigenvalue weighted by molar-refractivity contribution is 7.92. The molecule has 2 aliphatic heterocycles. The van der Waals surface area contributed by atoms with Gasteiger partial charge in [-0.25, -0.2) is 13.4 Å². The molecule has 0 spiro atoms. The number of aryl methyl sites for hydroxylation is 1. The second-order valence-electron chi connectivity index (χ2n) is 7.32. The number of phenolic OH excluding ortho intramolecular Hbond substituents is 1. The van der Waals surface area contributed by atoms with Crippen molar-refractivity contribution in [1.29, 1.82) is 0 Å². The summed E-state index contributed by atoms with van der Waals surface area (Å²) in [6.07, 6.45) is 3.09. The summed E-state index contributed by atoms with van der Waals surface area (Å²) in [5.41, 5.74) is 0.642. The number of nitrogens with one attached hydrogen (secondary N) is 2. The van der Waals surface area contributed by atoms with Gasteiger partial charge in [0.05, 0.1) is 0 Å². The highest BCUT2D eigenvalue weighted by atomic mass is 32.2. The van der Waals surface area contributed by atoms with Crippen molar-refractivity contribution in [1.82, 2.24) is 14.9 Å². The van der Waals surface area contributed by atoms with Gasteiger partial charge >= 0.3 is 10.2 Å². The normalized spacial score (nSPS) is 24.4. The van der Waals surface area contributed by atoms with Crippen LogP contribution in [0.25, 0.3) is 0 Å². The number of benzene rings is 1. The molecule has 1 aromatic rings. The van der Waals surface area contributed by atoms with Crippen molar-refractivity contribution >= 4 is 21.8 Å². The number of carbonyl (C=O) groups excluding carboxylic acids is 1. The van der Waals surface area contributed by atoms with E-state index < -0.39 is 39.9 Å². The fourth-order valence-electron chi connectivity index (χ4n) is 3.93. The fraction of sp³-hybridized carbons (Fsp3) is 0.588. The summed E-state index contributed by atoms with van der Waals surface area (Å²) in [5, 5.41) is 13.7. The van der Waals surface area contributed by atoms with Crippen LogP contribution >= 0.6 is 0 Å². The van der Waals surface area contributed by atoms with Crippen LogP contribution in [0.5, 0.6) is 5.75 Å². The van der Waals surface area contributed by atoms with Crippen molar-refractivity contribution in [2.24, 2.45) is 0 Å². The summed E-state index contributed by atoms with van der Waals surface area (Å²) in [7, 11) is -4.18. The molecule has 1 aromatic carbocycles. The number of nitrogens with zero attached hydrogens (tertiary/aromatic N) is 2. The van der Waals surface area contributed by atoms with Crippen LogP contribution in [0.2, 0.25) is 0 Å². The molecule has 1 unspecified atom stereocenters. The number of amides is 1. The van der Waals surface area contributed by atoms with Gasteiger partial charge in [-0.2, -0.15) is 8.42 Å². The van der Waals surface area contributed by atoms with Gasteiger partial charge in [-0.05, 0) is 56.0 Å². The summed E-state index contributed by atoms with van der Waals surface area (Å²) in [5.74, 6) is -1.98. The van der Waals surface area contributed by atoms with Crippen LogP contribution in [0, 0.1) is 5.82 Å². The number of hydrogen-bond donors (Lipinski definition) is 3. The smallest absolute Gasteiger partial charge is 0.326 e. The monoisotopic (exact) mass is 398 g/mol. The molecule has 0 radical (unpaired) electrons. The molecule has 3 aliphatic rings. The van der Waals surface area contributed by atoms with E-state index in [2.05, 4.69) is 10.2 Å². The van der Waals surface area contributed by atoms with Gasteiger partial charge in [0.25, 0.3) is 5.91 Å². The molecule has 27 heavy (non-hydrogen) atoms. The number of carbonyl (C=O) groups is 1. The maximum absolute atomic E-state index is 15.2. The predicted molar refractivity (Wildman–Crippen MR) is 97.3 cm³/mol. The van der Waals surface area contributed by atoms with Crippen molar-refractivity contribution in [3.05, 3.63) is 23.0 Å². The number of halogens is 1. The van der Waals surface area contributed by atoms with Gasteiger partial charge in [0.15, 0.2) is 5.82 Å². The standard InChI is InChI=1S/C17H23FN4O4S/c18-16-13-9-12(19-4-7-21-5-1-6-21)3-2-11(13)8-14(23)17(16)22-10-15(24)20-27(22,25)26/h8,12,19,23H,1-7,9-10H2,(H,20,24). The van der Waals surface area contributed by atoms with E-state index in [1.165, 1.54) is 12.5 Å². The third kappa shape index (κ3) is 3.48. The Morgan fingerprint density at radius 3 is 2.78 bits per heavy atom. The van der Waals surface area contributed by atoms with Crippen molar-refractivity contribution < 1.29 is 22.7 Å². The molecular formula is C17H23FN4O4S. The number of fused-ring (bicyclic) bond motifs is 1. The largest absolute Gasteiger partial charge is 0.506 e. The molecule has 4 rings (SSSR count). The quantitative estimate of drug-likeness (QED) is 0.639. The molecule has 10 heteroatoms. The summed E-state index contributed by atoms with van der Waals surface area (Å²) >= 11 is 0. The molecule has 1 atom stereocenters. The van der Waals surface area contributed by atoms with Gasteiger partial charge in [0.2, 0.25) is 0 Å². The summed E-state index contributed by atoms with van der Waals surface area (Å²) < 4.78 is 41.7. The zero-order chi connectivity index (χ0) is 19.2. The van der Waals surface area contributed by atoms with E-state index in [4.69, 9.17) is 0 Å². The molecule has 0 saturated carbocycles. The van der Waals surface area contributed by atoms with Crippen molar-refractivity contribution in [3.8, 4) is 5.75 Å². The summed E-state index contributed by atoms with van der Waals surface area (Å²) in [4.78, 5) is 13.8. The van der Waals surface area contributed by atoms with Crippen LogP contribution in [-0.4, -0.2) is 63.1 Å². The lowest BCUT2D eigenvalue weighted by atomic mass is 9.87. The third-order valence-electron chi connectivity index (χ3n) is 5.51. The lowest BCUT2D eigenvalue weighted by Gasteiger charge is -2.32. The Hall–Kier alpha value is -1.91. The Bertz CT molecular complexity index is 872. The van der Waals surface area contributed by atoms with Gasteiger partial charge in [-0.15, -0.1) is 0 Å². The summed E-state index contributed by atoms with van der Waals surface area (Å²) in [6.45, 7) is 3.51. The Balaban J connectivity index is 1.54. The van der Waals surface area contributed by atoms with E-state index in [0.29, 0.717) is 28.3 Å². The van der Waals surface area contributed by atoms with Crippen molar-refractivity contribution in [2.75, 3.05) is 37.0 Å². The van der Waals surface area contributed by atoms with E-state index in [-0.39, 0.29) is 6.04 Å². The Kier molecular flexibility index (Phi) is 4.73. The molecule has 8 nitrogen and oxygen atoms in total. The van der Waals surface area contributed by atoms with E-state index >= 15 is 4.39 Å². The van der Waals surface area contributed by atoms with Crippen LogP contribution in [0.3, 0.4) is 0 Å². The first-order valence-corrected chi connectivity index (χ1v) is 10.6. The molecule has 148 valence electrons. The molecule has 3 N–H and O–H groups in total. The number of likely N-dealkylation sites (tertiary alicyclic amines) is 1. The SMILES string of the molecule is O=C1CN(c2c(O)cc3c(c2F)CC(NCCN2CCC2)CC3)S(=O)(=O)N1. The minimum absolute atomic E-state index is 0.0978. The molecular weight excluding hydrogens is 375 g/mol. The van der Waals surface area contributed by atoms with Gasteiger partial charge < -0.3 is 15.3 Å². The topological polar surface area (TPSA) is 102 Å². The second kappa shape index (κ2) is 6.92. The first kappa shape index (κ1) is 18.5. The van der Waals surface area contributed by atoms with E-state index in [9.17, 15) is 18.3 Å². The van der Waals surface area contributed by atoms with Crippen LogP contribution in [0.4, 0.5) is 10.1 Å². The van der Waals surface area contributed by atoms with Gasteiger partial charge in [0, 0.05) is 19.1 Å². The number of anilines is 1. The van der Waals surface area contributed by atoms with Crippen LogP contribution < -0.4 is 14.3 Å². The Labute approximate surface area is 157 Å². The predicted octanol–water partition coefficient (Wildman–Crippen LogP) is -0.135. The first-order valence-electron chi connectivity index (χ1n) is 9.17. The molecule has 1 aliphatic carbocycles. The highest BCUT2D eigenvalue weighted by Crippen LogP contribution is 2.39. The van der Waals surface area contributed by atoms with E-state index in [1.54, 1.807) is 4.72 Å². The average Bonchev–Trinajstić information content (AvgIpc) is 2.82. The number of phenols is 1. The number of hydrogen-bond acceptors (Lipinski definition) is 6. The molecule has 0 bridgehead atoms. The molecule has 2 saturated heterocycles. The maximum Gasteiger partial charge on any atom is 0.326 e. The summed E-state index contributed by atoms with van der Waals surface area (Å²) in [6, 6.07) is 1.52. The Morgan fingerprint density at radius 2 is 2.15 bits per heavy atom. The van der Waals surface area contributed by atoms with Crippen LogP contribution in [0.1, 0.15) is 24.0 Å². The van der Waals surface area contributed by atoms with Gasteiger partial charge in [0.1, 0.15) is 18.0 Å². The van der Waals surface area contributed by atoms with E-state index in [1.807, 2.05) is 0 Å². The van der Waals surface area contributed by atoms with Crippen LogP contribution in [0.15, 0.2) is 6.07 Å².